The number of carboxylic acids is 1. The van der Waals surface area contributed by atoms with Crippen molar-refractivity contribution in [2.45, 2.75) is 13.5 Å². The van der Waals surface area contributed by atoms with E-state index in [1.54, 1.807) is 18.2 Å². The van der Waals surface area contributed by atoms with E-state index in [1.165, 1.54) is 31.4 Å². The second kappa shape index (κ2) is 11.0. The van der Waals surface area contributed by atoms with Crippen molar-refractivity contribution in [3.8, 4) is 17.6 Å². The Bertz CT molecular complexity index is 1290. The van der Waals surface area contributed by atoms with Gasteiger partial charge in [-0.1, -0.05) is 53.6 Å². The molecule has 0 fully saturated rings. The number of aromatic carboxylic acids is 1. The van der Waals surface area contributed by atoms with Gasteiger partial charge in [-0.15, -0.1) is 0 Å². The maximum Gasteiger partial charge on any atom is 0.337 e. The summed E-state index contributed by atoms with van der Waals surface area (Å²) in [5, 5.41) is 21.5. The maximum absolute atomic E-state index is 12.6. The van der Waals surface area contributed by atoms with Crippen LogP contribution in [0.5, 0.6) is 11.5 Å². The number of nitriles is 1. The Labute approximate surface area is 201 Å². The van der Waals surface area contributed by atoms with Gasteiger partial charge in [0.1, 0.15) is 18.2 Å². The molecule has 0 radical (unpaired) electrons. The van der Waals surface area contributed by atoms with Crippen LogP contribution in [0.2, 0.25) is 5.02 Å². The molecule has 2 N–H and O–H groups in total. The highest BCUT2D eigenvalue weighted by Crippen LogP contribution is 2.37. The van der Waals surface area contributed by atoms with Crippen molar-refractivity contribution in [1.82, 2.24) is 0 Å². The summed E-state index contributed by atoms with van der Waals surface area (Å²) in [6, 6.07) is 18.7. The first-order valence-corrected chi connectivity index (χ1v) is 10.5. The fourth-order valence-electron chi connectivity index (χ4n) is 3.09. The van der Waals surface area contributed by atoms with E-state index in [1.807, 2.05) is 37.3 Å². The average Bonchev–Trinajstić information content (AvgIpc) is 2.82. The normalized spacial score (nSPS) is 10.8. The van der Waals surface area contributed by atoms with Crippen molar-refractivity contribution < 1.29 is 24.2 Å². The molecule has 8 heteroatoms. The summed E-state index contributed by atoms with van der Waals surface area (Å²) in [4.78, 5) is 24.0. The van der Waals surface area contributed by atoms with Crippen LogP contribution < -0.4 is 14.8 Å². The van der Waals surface area contributed by atoms with Crippen molar-refractivity contribution in [2.24, 2.45) is 0 Å². The Hall–Kier alpha value is -4.28. The monoisotopic (exact) mass is 476 g/mol. The molecule has 0 saturated heterocycles. The highest BCUT2D eigenvalue weighted by atomic mass is 35.5. The van der Waals surface area contributed by atoms with Crippen molar-refractivity contribution in [3.05, 3.63) is 93.5 Å². The zero-order valence-corrected chi connectivity index (χ0v) is 19.2. The number of halogens is 1. The van der Waals surface area contributed by atoms with E-state index in [-0.39, 0.29) is 28.5 Å². The molecule has 172 valence electrons. The molecule has 0 bridgehead atoms. The van der Waals surface area contributed by atoms with Gasteiger partial charge < -0.3 is 19.9 Å². The molecular formula is C26H21ClN2O5. The molecule has 0 aliphatic rings. The van der Waals surface area contributed by atoms with E-state index < -0.39 is 11.9 Å². The largest absolute Gasteiger partial charge is 0.493 e. The first-order chi connectivity index (χ1) is 16.3. The third-order valence-electron chi connectivity index (χ3n) is 4.84. The first kappa shape index (κ1) is 24.4. The van der Waals surface area contributed by atoms with Crippen LogP contribution in [0.25, 0.3) is 6.08 Å². The number of carbonyl (C=O) groups is 2. The minimum Gasteiger partial charge on any atom is -0.493 e. The van der Waals surface area contributed by atoms with Crippen LogP contribution in [0.1, 0.15) is 27.0 Å². The lowest BCUT2D eigenvalue weighted by Crippen LogP contribution is -2.16. The molecule has 3 aromatic rings. The van der Waals surface area contributed by atoms with E-state index in [4.69, 9.17) is 21.1 Å². The zero-order valence-electron chi connectivity index (χ0n) is 18.5. The van der Waals surface area contributed by atoms with Crippen molar-refractivity contribution >= 4 is 35.2 Å². The van der Waals surface area contributed by atoms with E-state index >= 15 is 0 Å². The number of anilines is 1. The molecule has 0 aromatic heterocycles. The molecule has 0 saturated carbocycles. The standard InChI is InChI=1S/C26H21ClN2O5/c1-16-7-9-17(10-8-16)15-34-24-21(27)12-18(13-23(24)33-2)11-19(14-28)25(30)29-22-6-4-3-5-20(22)26(31)32/h3-13H,15H2,1-2H3,(H,29,30)(H,31,32)/b19-11+. The van der Waals surface area contributed by atoms with E-state index in [0.717, 1.165) is 11.1 Å². The predicted molar refractivity (Wildman–Crippen MR) is 129 cm³/mol. The summed E-state index contributed by atoms with van der Waals surface area (Å²) < 4.78 is 11.3. The molecule has 0 unspecified atom stereocenters. The Morgan fingerprint density at radius 3 is 2.50 bits per heavy atom. The maximum atomic E-state index is 12.6. The second-order valence-corrected chi connectivity index (χ2v) is 7.69. The summed E-state index contributed by atoms with van der Waals surface area (Å²) >= 11 is 6.41. The van der Waals surface area contributed by atoms with Crippen molar-refractivity contribution in [3.63, 3.8) is 0 Å². The lowest BCUT2D eigenvalue weighted by atomic mass is 10.1. The lowest BCUT2D eigenvalue weighted by molar-refractivity contribution is -0.112. The second-order valence-electron chi connectivity index (χ2n) is 7.28. The summed E-state index contributed by atoms with van der Waals surface area (Å²) in [5.74, 6) is -1.29. The third kappa shape index (κ3) is 5.94. The third-order valence-corrected chi connectivity index (χ3v) is 5.12. The minimum atomic E-state index is -1.20. The van der Waals surface area contributed by atoms with Crippen LogP contribution >= 0.6 is 11.6 Å². The van der Waals surface area contributed by atoms with Gasteiger partial charge in [-0.05, 0) is 48.4 Å². The van der Waals surface area contributed by atoms with Crippen molar-refractivity contribution in [2.75, 3.05) is 12.4 Å². The lowest BCUT2D eigenvalue weighted by Gasteiger charge is -2.14. The van der Waals surface area contributed by atoms with E-state index in [0.29, 0.717) is 17.1 Å². The van der Waals surface area contributed by atoms with Gasteiger partial charge in [-0.25, -0.2) is 4.79 Å². The molecule has 0 atom stereocenters. The van der Waals surface area contributed by atoms with E-state index in [2.05, 4.69) is 5.32 Å². The Morgan fingerprint density at radius 1 is 1.15 bits per heavy atom. The van der Waals surface area contributed by atoms with Gasteiger partial charge in [0.2, 0.25) is 0 Å². The van der Waals surface area contributed by atoms with Crippen LogP contribution in [0.4, 0.5) is 5.69 Å². The zero-order chi connectivity index (χ0) is 24.7. The molecule has 7 nitrogen and oxygen atoms in total. The molecule has 0 aliphatic heterocycles. The number of methoxy groups -OCH3 is 1. The number of carbonyl (C=O) groups excluding carboxylic acids is 1. The number of para-hydroxylation sites is 1. The summed E-state index contributed by atoms with van der Waals surface area (Å²) in [5.41, 5.74) is 2.27. The Balaban J connectivity index is 1.84. The number of rotatable bonds is 8. The number of nitrogens with one attached hydrogen (secondary N) is 1. The summed E-state index contributed by atoms with van der Waals surface area (Å²) in [6.45, 7) is 2.28. The summed E-state index contributed by atoms with van der Waals surface area (Å²) in [7, 11) is 1.46. The Morgan fingerprint density at radius 2 is 1.85 bits per heavy atom. The van der Waals surface area contributed by atoms with Gasteiger partial charge in [-0.2, -0.15) is 5.26 Å². The van der Waals surface area contributed by atoms with Crippen LogP contribution in [0.3, 0.4) is 0 Å². The molecule has 1 amide bonds. The molecule has 34 heavy (non-hydrogen) atoms. The van der Waals surface area contributed by atoms with E-state index in [9.17, 15) is 20.0 Å². The quantitative estimate of drug-likeness (QED) is 0.329. The van der Waals surface area contributed by atoms with Gasteiger partial charge in [0.25, 0.3) is 5.91 Å². The fraction of sp³-hybridized carbons (Fsp3) is 0.115. The van der Waals surface area contributed by atoms with Gasteiger partial charge in [0.15, 0.2) is 11.5 Å². The van der Waals surface area contributed by atoms with Gasteiger partial charge >= 0.3 is 5.97 Å². The number of hydrogen-bond donors (Lipinski definition) is 2. The van der Waals surface area contributed by atoms with Crippen molar-refractivity contribution in [1.29, 1.82) is 5.26 Å². The highest BCUT2D eigenvalue weighted by Gasteiger charge is 2.17. The number of benzene rings is 3. The first-order valence-electron chi connectivity index (χ1n) is 10.1. The van der Waals surface area contributed by atoms with Gasteiger partial charge in [-0.3, -0.25) is 4.79 Å². The number of hydrogen-bond acceptors (Lipinski definition) is 5. The molecular weight excluding hydrogens is 456 g/mol. The smallest absolute Gasteiger partial charge is 0.337 e. The molecule has 0 aliphatic carbocycles. The number of amides is 1. The van der Waals surface area contributed by atoms with Crippen LogP contribution in [-0.4, -0.2) is 24.1 Å². The number of nitrogens with zero attached hydrogens (tertiary/aromatic N) is 1. The fourth-order valence-corrected chi connectivity index (χ4v) is 3.36. The minimum absolute atomic E-state index is 0.0802. The Kier molecular flexibility index (Phi) is 7.91. The predicted octanol–water partition coefficient (Wildman–Crippen LogP) is 5.48. The molecule has 3 rings (SSSR count). The highest BCUT2D eigenvalue weighted by molar-refractivity contribution is 6.32. The molecule has 0 heterocycles. The van der Waals surface area contributed by atoms with Crippen LogP contribution in [0.15, 0.2) is 66.2 Å². The number of ether oxygens (including phenoxy) is 2. The van der Waals surface area contributed by atoms with Gasteiger partial charge in [0.05, 0.1) is 23.4 Å². The molecule has 3 aromatic carbocycles. The SMILES string of the molecule is COc1cc(/C=C(\C#N)C(=O)Nc2ccccc2C(=O)O)cc(Cl)c1OCc1ccc(C)cc1. The topological polar surface area (TPSA) is 109 Å². The number of aryl methyl sites for hydroxylation is 1. The average molecular weight is 477 g/mol. The van der Waals surface area contributed by atoms with Gasteiger partial charge in [0, 0.05) is 0 Å². The van der Waals surface area contributed by atoms with Crippen LogP contribution in [0, 0.1) is 18.3 Å². The molecule has 0 spiro atoms. The van der Waals surface area contributed by atoms with Crippen LogP contribution in [-0.2, 0) is 11.4 Å². The number of carboxylic acid groups (broad SMARTS) is 1. The summed E-state index contributed by atoms with van der Waals surface area (Å²) in [6.07, 6.45) is 1.33.